The van der Waals surface area contributed by atoms with Crippen LogP contribution in [0.4, 0.5) is 5.88 Å². The topological polar surface area (TPSA) is 55.9 Å². The monoisotopic (exact) mass is 292 g/mol. The summed E-state index contributed by atoms with van der Waals surface area (Å²) in [6.45, 7) is 0.721. The average Bonchev–Trinajstić information content (AvgIpc) is 2.93. The highest BCUT2D eigenvalue weighted by molar-refractivity contribution is 5.70. The van der Waals surface area contributed by atoms with Gasteiger partial charge in [0.05, 0.1) is 0 Å². The summed E-state index contributed by atoms with van der Waals surface area (Å²) < 4.78 is 6.91. The number of anilines is 1. The lowest BCUT2D eigenvalue weighted by atomic mass is 10.1. The predicted octanol–water partition coefficient (Wildman–Crippen LogP) is 2.96. The molecule has 1 heterocycles. The fraction of sp³-hybridized carbons (Fsp3) is 0.111. The molecule has 0 bridgehead atoms. The largest absolute Gasteiger partial charge is 0.362 e. The van der Waals surface area contributed by atoms with E-state index in [2.05, 4.69) is 17.4 Å². The molecular formula is C18H18N3O+. The van der Waals surface area contributed by atoms with Crippen molar-refractivity contribution in [2.45, 2.75) is 13.0 Å². The zero-order valence-corrected chi connectivity index (χ0v) is 12.2. The Labute approximate surface area is 129 Å². The fourth-order valence-electron chi connectivity index (χ4n) is 2.26. The summed E-state index contributed by atoms with van der Waals surface area (Å²) in [6.07, 6.45) is 4.82. The number of benzene rings is 2. The van der Waals surface area contributed by atoms with E-state index in [1.165, 1.54) is 5.56 Å². The fourth-order valence-corrected chi connectivity index (χ4v) is 2.26. The lowest BCUT2D eigenvalue weighted by molar-refractivity contribution is -0.763. The Morgan fingerprint density at radius 3 is 2.36 bits per heavy atom. The van der Waals surface area contributed by atoms with Gasteiger partial charge in [-0.3, -0.25) is 4.52 Å². The maximum absolute atomic E-state index is 5.87. The van der Waals surface area contributed by atoms with Crippen LogP contribution in [-0.2, 0) is 13.0 Å². The van der Waals surface area contributed by atoms with Gasteiger partial charge in [0.25, 0.3) is 5.69 Å². The third kappa shape index (κ3) is 3.41. The van der Waals surface area contributed by atoms with Crippen LogP contribution in [0, 0.1) is 0 Å². The van der Waals surface area contributed by atoms with Crippen LogP contribution < -0.4 is 10.4 Å². The number of hydrogen-bond donors (Lipinski definition) is 1. The van der Waals surface area contributed by atoms with Gasteiger partial charge in [-0.25, -0.2) is 0 Å². The number of nitrogen functional groups attached to an aromatic ring is 1. The molecule has 22 heavy (non-hydrogen) atoms. The SMILES string of the molecule is Nc1on[n+](CCc2ccccc2)c1/C=C/c1ccccc1. The van der Waals surface area contributed by atoms with E-state index < -0.39 is 0 Å². The van der Waals surface area contributed by atoms with E-state index in [1.54, 1.807) is 4.68 Å². The van der Waals surface area contributed by atoms with E-state index in [9.17, 15) is 0 Å². The molecule has 0 fully saturated rings. The quantitative estimate of drug-likeness (QED) is 0.736. The Balaban J connectivity index is 1.75. The summed E-state index contributed by atoms with van der Waals surface area (Å²) >= 11 is 0. The van der Waals surface area contributed by atoms with Crippen molar-refractivity contribution >= 4 is 18.0 Å². The van der Waals surface area contributed by atoms with Crippen LogP contribution >= 0.6 is 0 Å². The van der Waals surface area contributed by atoms with Crippen molar-refractivity contribution in [2.24, 2.45) is 0 Å². The highest BCUT2D eigenvalue weighted by Gasteiger charge is 2.19. The predicted molar refractivity (Wildman–Crippen MR) is 86.6 cm³/mol. The van der Waals surface area contributed by atoms with Gasteiger partial charge in [0.15, 0.2) is 6.54 Å². The number of aryl methyl sites for hydroxylation is 2. The molecule has 0 aliphatic rings. The molecule has 0 radical (unpaired) electrons. The van der Waals surface area contributed by atoms with Gasteiger partial charge in [-0.15, -0.1) is 0 Å². The second kappa shape index (κ2) is 6.72. The molecule has 0 unspecified atom stereocenters. The Hall–Kier alpha value is -2.88. The van der Waals surface area contributed by atoms with E-state index in [1.807, 2.05) is 60.7 Å². The average molecular weight is 292 g/mol. The van der Waals surface area contributed by atoms with Gasteiger partial charge in [-0.2, -0.15) is 0 Å². The Kier molecular flexibility index (Phi) is 4.30. The Morgan fingerprint density at radius 1 is 0.955 bits per heavy atom. The first kappa shape index (κ1) is 14.1. The van der Waals surface area contributed by atoms with Gasteiger partial charge >= 0.3 is 5.88 Å². The minimum atomic E-state index is 0.334. The Bertz CT molecular complexity index is 749. The molecule has 0 saturated heterocycles. The van der Waals surface area contributed by atoms with Crippen LogP contribution in [-0.4, -0.2) is 5.27 Å². The number of aromatic nitrogens is 2. The van der Waals surface area contributed by atoms with Crippen molar-refractivity contribution in [3.63, 3.8) is 0 Å². The first-order valence-corrected chi connectivity index (χ1v) is 7.25. The molecule has 0 aliphatic carbocycles. The van der Waals surface area contributed by atoms with Crippen LogP contribution in [0.15, 0.2) is 65.2 Å². The third-order valence-electron chi connectivity index (χ3n) is 3.46. The molecule has 3 aromatic rings. The highest BCUT2D eigenvalue weighted by Crippen LogP contribution is 2.11. The number of nitrogens with zero attached hydrogens (tertiary/aromatic N) is 2. The molecule has 3 rings (SSSR count). The van der Waals surface area contributed by atoms with Gasteiger partial charge in [-0.05, 0) is 21.9 Å². The van der Waals surface area contributed by atoms with Crippen molar-refractivity contribution in [1.82, 2.24) is 5.27 Å². The first-order chi connectivity index (χ1) is 10.8. The third-order valence-corrected chi connectivity index (χ3v) is 3.46. The summed E-state index contributed by atoms with van der Waals surface area (Å²) in [4.78, 5) is 0. The zero-order chi connectivity index (χ0) is 15.2. The molecule has 0 aliphatic heterocycles. The molecular weight excluding hydrogens is 274 g/mol. The van der Waals surface area contributed by atoms with E-state index >= 15 is 0 Å². The number of hydrogen-bond acceptors (Lipinski definition) is 3. The molecule has 0 atom stereocenters. The molecule has 110 valence electrons. The van der Waals surface area contributed by atoms with Gasteiger partial charge in [0, 0.05) is 12.5 Å². The molecule has 1 aromatic heterocycles. The van der Waals surface area contributed by atoms with E-state index in [4.69, 9.17) is 10.3 Å². The van der Waals surface area contributed by atoms with E-state index in [0.717, 1.165) is 24.2 Å². The van der Waals surface area contributed by atoms with E-state index in [0.29, 0.717) is 5.88 Å². The minimum absolute atomic E-state index is 0.334. The summed E-state index contributed by atoms with van der Waals surface area (Å²) in [5.41, 5.74) is 9.03. The van der Waals surface area contributed by atoms with Gasteiger partial charge in [0.2, 0.25) is 5.27 Å². The lowest BCUT2D eigenvalue weighted by Crippen LogP contribution is -2.39. The van der Waals surface area contributed by atoms with Crippen molar-refractivity contribution in [3.05, 3.63) is 77.5 Å². The molecule has 0 spiro atoms. The summed E-state index contributed by atoms with van der Waals surface area (Å²) in [6, 6.07) is 20.3. The van der Waals surface area contributed by atoms with E-state index in [-0.39, 0.29) is 0 Å². The van der Waals surface area contributed by atoms with Crippen molar-refractivity contribution in [1.29, 1.82) is 0 Å². The molecule has 0 amide bonds. The second-order valence-corrected chi connectivity index (χ2v) is 5.03. The highest BCUT2D eigenvalue weighted by atomic mass is 16.5. The second-order valence-electron chi connectivity index (χ2n) is 5.03. The summed E-state index contributed by atoms with van der Waals surface area (Å²) in [5.74, 6) is 0.334. The Morgan fingerprint density at radius 2 is 1.64 bits per heavy atom. The number of nitrogens with two attached hydrogens (primary N) is 1. The summed E-state index contributed by atoms with van der Waals surface area (Å²) in [7, 11) is 0. The first-order valence-electron chi connectivity index (χ1n) is 7.25. The van der Waals surface area contributed by atoms with Crippen molar-refractivity contribution < 1.29 is 9.20 Å². The minimum Gasteiger partial charge on any atom is -0.362 e. The van der Waals surface area contributed by atoms with Crippen LogP contribution in [0.5, 0.6) is 0 Å². The molecule has 0 saturated carbocycles. The standard InChI is InChI=1S/C18H18N3O/c19-18-17(12-11-15-7-3-1-4-8-15)21(20-22-18)14-13-16-9-5-2-6-10-16/h1-12H,13-14,19H2/q+1/b12-11+. The van der Waals surface area contributed by atoms with Crippen LogP contribution in [0.25, 0.3) is 12.2 Å². The maximum atomic E-state index is 5.87. The molecule has 4 nitrogen and oxygen atoms in total. The maximum Gasteiger partial charge on any atom is 0.301 e. The van der Waals surface area contributed by atoms with Crippen molar-refractivity contribution in [3.8, 4) is 0 Å². The van der Waals surface area contributed by atoms with Gasteiger partial charge in [-0.1, -0.05) is 60.7 Å². The smallest absolute Gasteiger partial charge is 0.301 e. The molecule has 2 aromatic carbocycles. The van der Waals surface area contributed by atoms with Crippen molar-refractivity contribution in [2.75, 3.05) is 5.73 Å². The van der Waals surface area contributed by atoms with Gasteiger partial charge in [0.1, 0.15) is 0 Å². The molecule has 2 N–H and O–H groups in total. The van der Waals surface area contributed by atoms with Crippen LogP contribution in [0.3, 0.4) is 0 Å². The lowest BCUT2D eigenvalue weighted by Gasteiger charge is -1.95. The summed E-state index contributed by atoms with van der Waals surface area (Å²) in [5, 5.41) is 4.01. The normalized spacial score (nSPS) is 11.1. The zero-order valence-electron chi connectivity index (χ0n) is 12.2. The van der Waals surface area contributed by atoms with Crippen LogP contribution in [0.1, 0.15) is 16.8 Å². The van der Waals surface area contributed by atoms with Gasteiger partial charge < -0.3 is 5.73 Å². The van der Waals surface area contributed by atoms with Crippen LogP contribution in [0.2, 0.25) is 0 Å². The molecule has 4 heteroatoms. The number of rotatable bonds is 5.